The summed E-state index contributed by atoms with van der Waals surface area (Å²) < 4.78 is 10.5. The summed E-state index contributed by atoms with van der Waals surface area (Å²) in [6.07, 6.45) is 2.73. The number of nitrogens with one attached hydrogen (secondary N) is 2. The predicted molar refractivity (Wildman–Crippen MR) is 134 cm³/mol. The fourth-order valence-electron chi connectivity index (χ4n) is 3.69. The van der Waals surface area contributed by atoms with Crippen LogP contribution in [0.1, 0.15) is 44.4 Å². The molecule has 4 rings (SSSR count). The number of ether oxygens (including phenoxy) is 2. The molecule has 0 spiro atoms. The highest BCUT2D eigenvalue weighted by Crippen LogP contribution is 2.23. The minimum absolute atomic E-state index is 0.144. The molecular weight excluding hydrogens is 492 g/mol. The summed E-state index contributed by atoms with van der Waals surface area (Å²) in [6.45, 7) is 1.91. The minimum atomic E-state index is -0.957. The molecule has 1 aromatic heterocycles. The van der Waals surface area contributed by atoms with Crippen LogP contribution in [0.3, 0.4) is 0 Å². The van der Waals surface area contributed by atoms with Gasteiger partial charge in [0.2, 0.25) is 5.91 Å². The van der Waals surface area contributed by atoms with E-state index in [4.69, 9.17) is 9.47 Å². The normalized spacial score (nSPS) is 14.8. The molecule has 2 heterocycles. The van der Waals surface area contributed by atoms with Gasteiger partial charge in [0.05, 0.1) is 29.8 Å². The van der Waals surface area contributed by atoms with Gasteiger partial charge in [-0.15, -0.1) is 0 Å². The van der Waals surface area contributed by atoms with Crippen LogP contribution in [0.4, 0.5) is 5.69 Å². The maximum atomic E-state index is 12.8. The molecule has 194 valence electrons. The Morgan fingerprint density at radius 2 is 1.68 bits per heavy atom. The number of amides is 3. The Kier molecular flexibility index (Phi) is 8.19. The quantitative estimate of drug-likeness (QED) is 0.179. The van der Waals surface area contributed by atoms with Crippen molar-refractivity contribution in [2.24, 2.45) is 0 Å². The van der Waals surface area contributed by atoms with Gasteiger partial charge < -0.3 is 9.47 Å². The Labute approximate surface area is 217 Å². The number of hydrazine groups is 1. The van der Waals surface area contributed by atoms with Crippen LogP contribution < -0.4 is 20.5 Å². The van der Waals surface area contributed by atoms with Crippen molar-refractivity contribution in [3.8, 4) is 5.75 Å². The fourth-order valence-corrected chi connectivity index (χ4v) is 3.69. The second-order valence-electron chi connectivity index (χ2n) is 8.17. The number of hydrogen-bond acceptors (Lipinski definition) is 9. The van der Waals surface area contributed by atoms with Gasteiger partial charge in [0.1, 0.15) is 11.8 Å². The predicted octanol–water partition coefficient (Wildman–Crippen LogP) is 2.09. The van der Waals surface area contributed by atoms with Gasteiger partial charge in [-0.1, -0.05) is 0 Å². The number of pyridine rings is 1. The lowest BCUT2D eigenvalue weighted by Gasteiger charge is -2.16. The average Bonchev–Trinajstić information content (AvgIpc) is 3.23. The highest BCUT2D eigenvalue weighted by molar-refractivity contribution is 6.22. The van der Waals surface area contributed by atoms with Crippen molar-refractivity contribution in [1.82, 2.24) is 15.8 Å². The van der Waals surface area contributed by atoms with Crippen molar-refractivity contribution >= 4 is 35.2 Å². The molecule has 1 aliphatic heterocycles. The van der Waals surface area contributed by atoms with E-state index in [9.17, 15) is 24.0 Å². The molecule has 1 unspecified atom stereocenters. The van der Waals surface area contributed by atoms with Crippen LogP contribution in [0.15, 0.2) is 73.1 Å². The van der Waals surface area contributed by atoms with Crippen molar-refractivity contribution < 1.29 is 33.4 Å². The number of ketones is 1. The van der Waals surface area contributed by atoms with Gasteiger partial charge in [0.25, 0.3) is 11.8 Å². The molecule has 0 bridgehead atoms. The van der Waals surface area contributed by atoms with Gasteiger partial charge in [-0.05, 0) is 67.6 Å². The zero-order valence-electron chi connectivity index (χ0n) is 20.4. The van der Waals surface area contributed by atoms with E-state index in [1.165, 1.54) is 36.7 Å². The number of rotatable bonds is 10. The second-order valence-corrected chi connectivity index (χ2v) is 8.17. The first kappa shape index (κ1) is 26.2. The zero-order valence-corrected chi connectivity index (χ0v) is 20.4. The molecule has 3 amide bonds. The zero-order chi connectivity index (χ0) is 27.1. The molecule has 1 atom stereocenters. The van der Waals surface area contributed by atoms with E-state index in [1.54, 1.807) is 36.4 Å². The third-order valence-electron chi connectivity index (χ3n) is 5.61. The molecule has 0 saturated carbocycles. The number of imide groups is 1. The number of anilines is 1. The Bertz CT molecular complexity index is 1340. The first-order chi connectivity index (χ1) is 18.4. The van der Waals surface area contributed by atoms with Crippen LogP contribution in [0.5, 0.6) is 5.75 Å². The van der Waals surface area contributed by atoms with Gasteiger partial charge >= 0.3 is 5.97 Å². The molecular formula is C27H24N4O7. The molecule has 3 aromatic rings. The lowest BCUT2D eigenvalue weighted by molar-refractivity contribution is -0.121. The van der Waals surface area contributed by atoms with E-state index in [2.05, 4.69) is 15.8 Å². The van der Waals surface area contributed by atoms with Gasteiger partial charge in [-0.25, -0.2) is 15.1 Å². The van der Waals surface area contributed by atoms with Crippen molar-refractivity contribution in [3.63, 3.8) is 0 Å². The van der Waals surface area contributed by atoms with E-state index < -0.39 is 36.3 Å². The lowest BCUT2D eigenvalue weighted by Crippen LogP contribution is -2.48. The van der Waals surface area contributed by atoms with E-state index in [-0.39, 0.29) is 29.0 Å². The van der Waals surface area contributed by atoms with Crippen molar-refractivity contribution in [2.75, 3.05) is 18.1 Å². The molecule has 38 heavy (non-hydrogen) atoms. The van der Waals surface area contributed by atoms with Crippen LogP contribution in [-0.4, -0.2) is 53.7 Å². The molecule has 1 fully saturated rings. The van der Waals surface area contributed by atoms with Gasteiger partial charge in [0.15, 0.2) is 12.4 Å². The van der Waals surface area contributed by atoms with Gasteiger partial charge in [-0.2, -0.15) is 0 Å². The van der Waals surface area contributed by atoms with Crippen LogP contribution in [0, 0.1) is 0 Å². The summed E-state index contributed by atoms with van der Waals surface area (Å²) in [5.74, 6) is -2.00. The fraction of sp³-hybridized carbons (Fsp3) is 0.185. The van der Waals surface area contributed by atoms with E-state index in [1.807, 2.05) is 6.92 Å². The third kappa shape index (κ3) is 6.08. The maximum Gasteiger partial charge on any atom is 0.338 e. The number of esters is 1. The molecule has 2 N–H and O–H groups in total. The topological polar surface area (TPSA) is 144 Å². The molecule has 1 saturated heterocycles. The molecule has 2 aromatic carbocycles. The standard InChI is InChI=1S/C27H24N4O7/c1-2-37-21-11-7-17(8-12-21)23(32)16-38-27(36)18-5-9-20(10-6-18)31-24(33)14-22(26(31)35)29-30-25(34)19-4-3-13-28-15-19/h3-13,15,22,29H,2,14,16H2,1H3,(H,30,34). The summed E-state index contributed by atoms with van der Waals surface area (Å²) >= 11 is 0. The SMILES string of the molecule is CCOc1ccc(C(=O)COC(=O)c2ccc(N3C(=O)CC(NNC(=O)c4cccnc4)C3=O)cc2)cc1. The second kappa shape index (κ2) is 11.9. The largest absolute Gasteiger partial charge is 0.494 e. The van der Waals surface area contributed by atoms with Gasteiger partial charge in [-0.3, -0.25) is 29.6 Å². The van der Waals surface area contributed by atoms with Crippen LogP contribution in [-0.2, 0) is 14.3 Å². The van der Waals surface area contributed by atoms with Crippen molar-refractivity contribution in [3.05, 3.63) is 89.7 Å². The minimum Gasteiger partial charge on any atom is -0.494 e. The first-order valence-corrected chi connectivity index (χ1v) is 11.7. The number of hydrogen-bond donors (Lipinski definition) is 2. The van der Waals surface area contributed by atoms with Crippen LogP contribution in [0.25, 0.3) is 0 Å². The number of benzene rings is 2. The Balaban J connectivity index is 1.31. The summed E-state index contributed by atoms with van der Waals surface area (Å²) in [5, 5.41) is 0. The summed E-state index contributed by atoms with van der Waals surface area (Å²) in [5.41, 5.74) is 6.06. The third-order valence-corrected chi connectivity index (χ3v) is 5.61. The Morgan fingerprint density at radius 3 is 2.34 bits per heavy atom. The van der Waals surface area contributed by atoms with E-state index >= 15 is 0 Å². The first-order valence-electron chi connectivity index (χ1n) is 11.7. The maximum absolute atomic E-state index is 12.8. The summed E-state index contributed by atoms with van der Waals surface area (Å²) in [6, 6.07) is 14.3. The Hall–Kier alpha value is -4.90. The summed E-state index contributed by atoms with van der Waals surface area (Å²) in [7, 11) is 0. The van der Waals surface area contributed by atoms with Gasteiger partial charge in [0, 0.05) is 18.0 Å². The molecule has 11 nitrogen and oxygen atoms in total. The smallest absolute Gasteiger partial charge is 0.338 e. The molecule has 0 aliphatic carbocycles. The van der Waals surface area contributed by atoms with Crippen LogP contribution >= 0.6 is 0 Å². The number of carbonyl (C=O) groups excluding carboxylic acids is 5. The average molecular weight is 517 g/mol. The number of nitrogens with zero attached hydrogens (tertiary/aromatic N) is 2. The van der Waals surface area contributed by atoms with E-state index in [0.717, 1.165) is 4.90 Å². The monoisotopic (exact) mass is 516 g/mol. The number of Topliss-reactive ketones (excluding diaryl/α,β-unsaturated/α-hetero) is 1. The lowest BCUT2D eigenvalue weighted by atomic mass is 10.1. The number of carbonyl (C=O) groups is 5. The summed E-state index contributed by atoms with van der Waals surface area (Å²) in [4.78, 5) is 67.0. The van der Waals surface area contributed by atoms with Crippen LogP contribution in [0.2, 0.25) is 0 Å². The number of aromatic nitrogens is 1. The Morgan fingerprint density at radius 1 is 0.974 bits per heavy atom. The highest BCUT2D eigenvalue weighted by atomic mass is 16.5. The highest BCUT2D eigenvalue weighted by Gasteiger charge is 2.39. The molecule has 0 radical (unpaired) electrons. The molecule has 1 aliphatic rings. The molecule has 11 heteroatoms. The van der Waals surface area contributed by atoms with E-state index in [0.29, 0.717) is 17.9 Å². The van der Waals surface area contributed by atoms with Crippen molar-refractivity contribution in [2.45, 2.75) is 19.4 Å². The van der Waals surface area contributed by atoms with Crippen molar-refractivity contribution in [1.29, 1.82) is 0 Å².